The number of alkyl carbamates (subject to hydrolysis) is 1. The Hall–Kier alpha value is -4.17. The SMILES string of the molecule is CCN(C(=O)[C@H](NC(=O)OCC1c2ccccc2-c2ccccc21)[C@H](C)OCc1ccccc1)C(C)(C)C(=O)O. The highest BCUT2D eigenvalue weighted by Gasteiger charge is 2.42. The first-order valence-electron chi connectivity index (χ1n) is 13.5. The van der Waals surface area contributed by atoms with Gasteiger partial charge in [-0.3, -0.25) is 4.79 Å². The smallest absolute Gasteiger partial charge is 0.407 e. The summed E-state index contributed by atoms with van der Waals surface area (Å²) in [6.07, 6.45) is -1.55. The van der Waals surface area contributed by atoms with Gasteiger partial charge in [-0.05, 0) is 55.5 Å². The topological polar surface area (TPSA) is 105 Å². The summed E-state index contributed by atoms with van der Waals surface area (Å²) in [7, 11) is 0. The Morgan fingerprint density at radius 3 is 2.02 bits per heavy atom. The Morgan fingerprint density at radius 2 is 1.48 bits per heavy atom. The Bertz CT molecular complexity index is 1310. The van der Waals surface area contributed by atoms with Crippen molar-refractivity contribution in [1.29, 1.82) is 0 Å². The lowest BCUT2D eigenvalue weighted by molar-refractivity contribution is -0.159. The number of aliphatic carboxylic acids is 1. The summed E-state index contributed by atoms with van der Waals surface area (Å²) < 4.78 is 11.7. The van der Waals surface area contributed by atoms with Crippen molar-refractivity contribution < 1.29 is 29.0 Å². The lowest BCUT2D eigenvalue weighted by atomic mass is 9.98. The molecule has 2 amide bonds. The van der Waals surface area contributed by atoms with Crippen LogP contribution >= 0.6 is 0 Å². The van der Waals surface area contributed by atoms with E-state index in [1.165, 1.54) is 18.7 Å². The number of fused-ring (bicyclic) bond motifs is 3. The maximum Gasteiger partial charge on any atom is 0.407 e. The molecule has 0 heterocycles. The average Bonchev–Trinajstić information content (AvgIpc) is 3.27. The number of nitrogens with zero attached hydrogens (tertiary/aromatic N) is 1. The summed E-state index contributed by atoms with van der Waals surface area (Å²) in [5, 5.41) is 12.5. The molecule has 210 valence electrons. The minimum absolute atomic E-state index is 0.0815. The van der Waals surface area contributed by atoms with Crippen LogP contribution in [0.2, 0.25) is 0 Å². The molecular weight excluding hydrogens is 508 g/mol. The maximum atomic E-state index is 13.7. The fourth-order valence-corrected chi connectivity index (χ4v) is 5.16. The second-order valence-electron chi connectivity index (χ2n) is 10.4. The van der Waals surface area contributed by atoms with Gasteiger partial charge in [-0.2, -0.15) is 0 Å². The molecule has 4 rings (SSSR count). The highest BCUT2D eigenvalue weighted by atomic mass is 16.5. The highest BCUT2D eigenvalue weighted by Crippen LogP contribution is 2.44. The molecule has 0 fully saturated rings. The predicted octanol–water partition coefficient (Wildman–Crippen LogP) is 5.21. The molecule has 40 heavy (non-hydrogen) atoms. The molecule has 3 aromatic rings. The van der Waals surface area contributed by atoms with Gasteiger partial charge in [0.05, 0.1) is 12.7 Å². The number of likely N-dealkylation sites (N-methyl/N-ethyl adjacent to an activating group) is 1. The highest BCUT2D eigenvalue weighted by molar-refractivity contribution is 5.91. The first-order valence-corrected chi connectivity index (χ1v) is 13.5. The maximum absolute atomic E-state index is 13.7. The Labute approximate surface area is 234 Å². The summed E-state index contributed by atoms with van der Waals surface area (Å²) in [6, 6.07) is 24.3. The van der Waals surface area contributed by atoms with E-state index < -0.39 is 35.7 Å². The first kappa shape index (κ1) is 28.8. The van der Waals surface area contributed by atoms with Crippen molar-refractivity contribution >= 4 is 18.0 Å². The van der Waals surface area contributed by atoms with E-state index in [2.05, 4.69) is 17.4 Å². The van der Waals surface area contributed by atoms with Crippen LogP contribution < -0.4 is 5.32 Å². The molecule has 2 N–H and O–H groups in total. The summed E-state index contributed by atoms with van der Waals surface area (Å²) in [5.41, 5.74) is 3.77. The molecule has 0 saturated heterocycles. The van der Waals surface area contributed by atoms with Crippen LogP contribution in [0.15, 0.2) is 78.9 Å². The molecule has 0 bridgehead atoms. The largest absolute Gasteiger partial charge is 0.480 e. The summed E-state index contributed by atoms with van der Waals surface area (Å²) in [6.45, 7) is 6.71. The van der Waals surface area contributed by atoms with E-state index in [4.69, 9.17) is 9.47 Å². The van der Waals surface area contributed by atoms with Crippen LogP contribution in [0.3, 0.4) is 0 Å². The average molecular weight is 545 g/mol. The van der Waals surface area contributed by atoms with E-state index in [0.717, 1.165) is 27.8 Å². The van der Waals surface area contributed by atoms with Crippen molar-refractivity contribution in [3.8, 4) is 11.1 Å². The van der Waals surface area contributed by atoms with Crippen LogP contribution in [0.25, 0.3) is 11.1 Å². The molecule has 0 saturated carbocycles. The third-order valence-corrected chi connectivity index (χ3v) is 7.49. The van der Waals surface area contributed by atoms with Gasteiger partial charge in [-0.25, -0.2) is 9.59 Å². The Balaban J connectivity index is 1.51. The van der Waals surface area contributed by atoms with E-state index in [-0.39, 0.29) is 25.7 Å². The number of rotatable bonds is 11. The van der Waals surface area contributed by atoms with E-state index >= 15 is 0 Å². The molecule has 3 aromatic carbocycles. The third kappa shape index (κ3) is 6.02. The van der Waals surface area contributed by atoms with Gasteiger partial charge in [-0.15, -0.1) is 0 Å². The first-order chi connectivity index (χ1) is 19.1. The monoisotopic (exact) mass is 544 g/mol. The number of hydrogen-bond donors (Lipinski definition) is 2. The van der Waals surface area contributed by atoms with Crippen molar-refractivity contribution in [2.45, 2.75) is 57.9 Å². The Morgan fingerprint density at radius 1 is 0.925 bits per heavy atom. The molecule has 1 aliphatic carbocycles. The second-order valence-corrected chi connectivity index (χ2v) is 10.4. The number of benzene rings is 3. The number of carbonyl (C=O) groups excluding carboxylic acids is 2. The van der Waals surface area contributed by atoms with Gasteiger partial charge in [0, 0.05) is 12.5 Å². The zero-order valence-electron chi connectivity index (χ0n) is 23.3. The molecule has 8 heteroatoms. The standard InChI is InChI=1S/C32H36N2O6/c1-5-34(32(3,4)30(36)37)29(35)28(21(2)39-19-22-13-7-6-8-14-22)33-31(38)40-20-27-25-17-11-9-15-23(25)24-16-10-12-18-26(24)27/h6-18,21,27-28H,5,19-20H2,1-4H3,(H,33,38)(H,36,37)/t21-,28+/m0/s1. The molecule has 0 radical (unpaired) electrons. The molecule has 1 aliphatic rings. The number of carboxylic acids is 1. The van der Waals surface area contributed by atoms with Crippen LogP contribution in [0.4, 0.5) is 4.79 Å². The normalized spacial score (nSPS) is 14.0. The molecule has 0 unspecified atom stereocenters. The second kappa shape index (κ2) is 12.3. The summed E-state index contributed by atoms with van der Waals surface area (Å²) >= 11 is 0. The zero-order chi connectivity index (χ0) is 28.9. The molecule has 2 atom stereocenters. The van der Waals surface area contributed by atoms with Gasteiger partial charge < -0.3 is 24.8 Å². The Kier molecular flexibility index (Phi) is 8.90. The van der Waals surface area contributed by atoms with Crippen molar-refractivity contribution in [3.63, 3.8) is 0 Å². The summed E-state index contributed by atoms with van der Waals surface area (Å²) in [5.74, 6) is -1.86. The molecular formula is C32H36N2O6. The van der Waals surface area contributed by atoms with Crippen LogP contribution in [0, 0.1) is 0 Å². The number of ether oxygens (including phenoxy) is 2. The molecule has 8 nitrogen and oxygen atoms in total. The molecule has 0 aromatic heterocycles. The van der Waals surface area contributed by atoms with Gasteiger partial charge in [-0.1, -0.05) is 78.9 Å². The minimum atomic E-state index is -1.49. The third-order valence-electron chi connectivity index (χ3n) is 7.49. The van der Waals surface area contributed by atoms with Gasteiger partial charge in [0.1, 0.15) is 18.2 Å². The van der Waals surface area contributed by atoms with Gasteiger partial charge >= 0.3 is 12.1 Å². The molecule has 0 aliphatic heterocycles. The van der Waals surface area contributed by atoms with Crippen molar-refractivity contribution in [2.24, 2.45) is 0 Å². The molecule has 0 spiro atoms. The lowest BCUT2D eigenvalue weighted by Gasteiger charge is -2.38. The van der Waals surface area contributed by atoms with Crippen LogP contribution in [0.5, 0.6) is 0 Å². The van der Waals surface area contributed by atoms with Gasteiger partial charge in [0.25, 0.3) is 0 Å². The number of amides is 2. The number of carboxylic acid groups (broad SMARTS) is 1. The predicted molar refractivity (Wildman–Crippen MR) is 152 cm³/mol. The number of carbonyl (C=O) groups is 3. The number of nitrogens with one attached hydrogen (secondary N) is 1. The van der Waals surface area contributed by atoms with Crippen molar-refractivity contribution in [1.82, 2.24) is 10.2 Å². The minimum Gasteiger partial charge on any atom is -0.480 e. The zero-order valence-corrected chi connectivity index (χ0v) is 23.3. The fraction of sp³-hybridized carbons (Fsp3) is 0.344. The van der Waals surface area contributed by atoms with E-state index in [1.807, 2.05) is 66.7 Å². The van der Waals surface area contributed by atoms with Crippen LogP contribution in [-0.2, 0) is 25.7 Å². The van der Waals surface area contributed by atoms with Crippen molar-refractivity contribution in [2.75, 3.05) is 13.2 Å². The van der Waals surface area contributed by atoms with E-state index in [0.29, 0.717) is 0 Å². The fourth-order valence-electron chi connectivity index (χ4n) is 5.16. The quantitative estimate of drug-likeness (QED) is 0.343. The van der Waals surface area contributed by atoms with Crippen molar-refractivity contribution in [3.05, 3.63) is 95.6 Å². The van der Waals surface area contributed by atoms with E-state index in [9.17, 15) is 19.5 Å². The van der Waals surface area contributed by atoms with Gasteiger partial charge in [0.2, 0.25) is 5.91 Å². The van der Waals surface area contributed by atoms with E-state index in [1.54, 1.807) is 13.8 Å². The van der Waals surface area contributed by atoms with Crippen LogP contribution in [-0.4, -0.2) is 58.8 Å². The van der Waals surface area contributed by atoms with Gasteiger partial charge in [0.15, 0.2) is 0 Å². The number of hydrogen-bond acceptors (Lipinski definition) is 5. The lowest BCUT2D eigenvalue weighted by Crippen LogP contribution is -2.61. The summed E-state index contributed by atoms with van der Waals surface area (Å²) in [4.78, 5) is 40.0. The van der Waals surface area contributed by atoms with Crippen LogP contribution in [0.1, 0.15) is 50.3 Å².